The summed E-state index contributed by atoms with van der Waals surface area (Å²) in [6.45, 7) is 0.367. The lowest BCUT2D eigenvalue weighted by molar-refractivity contribution is 0.0566. The van der Waals surface area contributed by atoms with E-state index in [1.165, 1.54) is 7.11 Å². The maximum atomic E-state index is 12.0. The molecule has 5 rings (SSSR count). The summed E-state index contributed by atoms with van der Waals surface area (Å²) in [5.74, 6) is 2.70. The summed E-state index contributed by atoms with van der Waals surface area (Å²) in [6, 6.07) is 12.7. The Hall–Kier alpha value is -3.61. The smallest absolute Gasteiger partial charge is 0.373 e. The molecule has 0 amide bonds. The van der Waals surface area contributed by atoms with Crippen molar-refractivity contribution in [2.24, 2.45) is 0 Å². The summed E-state index contributed by atoms with van der Waals surface area (Å²) in [7, 11) is 1.31. The van der Waals surface area contributed by atoms with Gasteiger partial charge in [-0.3, -0.25) is 0 Å². The van der Waals surface area contributed by atoms with Gasteiger partial charge in [0.25, 0.3) is 0 Å². The summed E-state index contributed by atoms with van der Waals surface area (Å²) in [5, 5.41) is 0. The largest absolute Gasteiger partial charge is 0.463 e. The third-order valence-electron chi connectivity index (χ3n) is 4.44. The molecule has 7 heteroatoms. The van der Waals surface area contributed by atoms with Crippen LogP contribution < -0.4 is 18.9 Å². The molecular weight excluding hydrogens is 352 g/mol. The maximum Gasteiger partial charge on any atom is 0.373 e. The third kappa shape index (κ3) is 2.55. The second-order valence-corrected chi connectivity index (χ2v) is 5.98. The standard InChI is InChI=1S/C20H14O7/c1-22-20(21)18-8-13(11-2-4-14-16(6-11)25-9-23-14)19(27-18)12-3-5-15-17(7-12)26-10-24-15/h2-8H,9-10H2,1H3. The molecule has 0 saturated carbocycles. The Morgan fingerprint density at radius 2 is 1.41 bits per heavy atom. The first kappa shape index (κ1) is 15.6. The van der Waals surface area contributed by atoms with Gasteiger partial charge in [-0.05, 0) is 42.0 Å². The Morgan fingerprint density at radius 1 is 0.815 bits per heavy atom. The number of carbonyl (C=O) groups excluding carboxylic acids is 1. The van der Waals surface area contributed by atoms with E-state index in [-0.39, 0.29) is 19.3 Å². The van der Waals surface area contributed by atoms with Gasteiger partial charge in [0.1, 0.15) is 5.76 Å². The first-order chi connectivity index (χ1) is 13.2. The van der Waals surface area contributed by atoms with Gasteiger partial charge < -0.3 is 28.1 Å². The van der Waals surface area contributed by atoms with Crippen LogP contribution in [0, 0.1) is 0 Å². The monoisotopic (exact) mass is 366 g/mol. The third-order valence-corrected chi connectivity index (χ3v) is 4.44. The van der Waals surface area contributed by atoms with E-state index < -0.39 is 5.97 Å². The first-order valence-corrected chi connectivity index (χ1v) is 8.25. The minimum absolute atomic E-state index is 0.109. The lowest BCUT2D eigenvalue weighted by Crippen LogP contribution is -1.98. The summed E-state index contributed by atoms with van der Waals surface area (Å²) in [6.07, 6.45) is 0. The number of hydrogen-bond acceptors (Lipinski definition) is 7. The van der Waals surface area contributed by atoms with E-state index in [1.54, 1.807) is 12.1 Å². The molecule has 136 valence electrons. The van der Waals surface area contributed by atoms with E-state index in [4.69, 9.17) is 28.1 Å². The number of methoxy groups -OCH3 is 1. The van der Waals surface area contributed by atoms with E-state index in [1.807, 2.05) is 30.3 Å². The zero-order valence-corrected chi connectivity index (χ0v) is 14.3. The van der Waals surface area contributed by atoms with Gasteiger partial charge in [-0.15, -0.1) is 0 Å². The molecule has 0 unspecified atom stereocenters. The molecule has 2 aliphatic rings. The number of carbonyl (C=O) groups is 1. The number of ether oxygens (including phenoxy) is 5. The molecule has 2 aliphatic heterocycles. The molecule has 0 atom stereocenters. The summed E-state index contributed by atoms with van der Waals surface area (Å²) in [4.78, 5) is 12.0. The van der Waals surface area contributed by atoms with Crippen LogP contribution in [0.25, 0.3) is 22.5 Å². The van der Waals surface area contributed by atoms with Crippen molar-refractivity contribution >= 4 is 5.97 Å². The minimum atomic E-state index is -0.552. The van der Waals surface area contributed by atoms with Crippen molar-refractivity contribution in [2.75, 3.05) is 20.7 Å². The Morgan fingerprint density at radius 3 is 2.07 bits per heavy atom. The van der Waals surface area contributed by atoms with Gasteiger partial charge in [0, 0.05) is 11.1 Å². The van der Waals surface area contributed by atoms with Crippen molar-refractivity contribution in [2.45, 2.75) is 0 Å². The highest BCUT2D eigenvalue weighted by Gasteiger charge is 2.23. The Labute approximate surface area is 154 Å². The molecular formula is C20H14O7. The van der Waals surface area contributed by atoms with Crippen LogP contribution in [0.2, 0.25) is 0 Å². The molecule has 0 saturated heterocycles. The highest BCUT2D eigenvalue weighted by atomic mass is 16.7. The van der Waals surface area contributed by atoms with Crippen molar-refractivity contribution in [1.82, 2.24) is 0 Å². The van der Waals surface area contributed by atoms with Gasteiger partial charge in [-0.25, -0.2) is 4.79 Å². The number of hydrogen-bond donors (Lipinski definition) is 0. The van der Waals surface area contributed by atoms with Crippen molar-refractivity contribution < 1.29 is 32.9 Å². The molecule has 0 spiro atoms. The highest BCUT2D eigenvalue weighted by Crippen LogP contribution is 2.43. The van der Waals surface area contributed by atoms with Gasteiger partial charge in [0.05, 0.1) is 7.11 Å². The van der Waals surface area contributed by atoms with Gasteiger partial charge in [-0.2, -0.15) is 0 Å². The van der Waals surface area contributed by atoms with Crippen LogP contribution in [-0.4, -0.2) is 26.7 Å². The molecule has 7 nitrogen and oxygen atoms in total. The van der Waals surface area contributed by atoms with E-state index in [9.17, 15) is 4.79 Å². The van der Waals surface area contributed by atoms with Crippen LogP contribution in [0.3, 0.4) is 0 Å². The quantitative estimate of drug-likeness (QED) is 0.652. The fourth-order valence-corrected chi connectivity index (χ4v) is 3.12. The molecule has 0 fully saturated rings. The highest BCUT2D eigenvalue weighted by molar-refractivity contribution is 5.92. The van der Waals surface area contributed by atoms with Crippen LogP contribution in [-0.2, 0) is 4.74 Å². The van der Waals surface area contributed by atoms with Gasteiger partial charge >= 0.3 is 5.97 Å². The summed E-state index contributed by atoms with van der Waals surface area (Å²) < 4.78 is 32.3. The minimum Gasteiger partial charge on any atom is -0.463 e. The van der Waals surface area contributed by atoms with Crippen molar-refractivity contribution in [3.8, 4) is 45.4 Å². The normalized spacial score (nSPS) is 13.7. The zero-order chi connectivity index (χ0) is 18.4. The van der Waals surface area contributed by atoms with E-state index in [2.05, 4.69) is 0 Å². The fourth-order valence-electron chi connectivity index (χ4n) is 3.12. The van der Waals surface area contributed by atoms with Gasteiger partial charge in [0.15, 0.2) is 23.0 Å². The molecule has 0 radical (unpaired) electrons. The van der Waals surface area contributed by atoms with Crippen LogP contribution >= 0.6 is 0 Å². The van der Waals surface area contributed by atoms with Gasteiger partial charge in [0.2, 0.25) is 19.3 Å². The Kier molecular flexibility index (Phi) is 3.46. The van der Waals surface area contributed by atoms with Crippen LogP contribution in [0.1, 0.15) is 10.6 Å². The van der Waals surface area contributed by atoms with Crippen LogP contribution in [0.4, 0.5) is 0 Å². The summed E-state index contributed by atoms with van der Waals surface area (Å²) in [5.41, 5.74) is 2.31. The molecule has 3 aromatic rings. The molecule has 3 heterocycles. The average Bonchev–Trinajstić information content (AvgIpc) is 3.44. The summed E-state index contributed by atoms with van der Waals surface area (Å²) >= 11 is 0. The average molecular weight is 366 g/mol. The van der Waals surface area contributed by atoms with Crippen LogP contribution in [0.5, 0.6) is 23.0 Å². The van der Waals surface area contributed by atoms with Crippen molar-refractivity contribution in [3.63, 3.8) is 0 Å². The number of benzene rings is 2. The molecule has 0 bridgehead atoms. The number of esters is 1. The number of rotatable bonds is 3. The van der Waals surface area contributed by atoms with Crippen molar-refractivity contribution in [1.29, 1.82) is 0 Å². The SMILES string of the molecule is COC(=O)c1cc(-c2ccc3c(c2)OCO3)c(-c2ccc3c(c2)OCO3)o1. The second-order valence-electron chi connectivity index (χ2n) is 5.98. The molecule has 27 heavy (non-hydrogen) atoms. The topological polar surface area (TPSA) is 76.4 Å². The van der Waals surface area contributed by atoms with E-state index in [0.29, 0.717) is 28.8 Å². The number of furan rings is 1. The molecule has 0 aliphatic carbocycles. The van der Waals surface area contributed by atoms with E-state index in [0.717, 1.165) is 16.7 Å². The Balaban J connectivity index is 1.66. The molecule has 2 aromatic carbocycles. The van der Waals surface area contributed by atoms with E-state index >= 15 is 0 Å². The van der Waals surface area contributed by atoms with Gasteiger partial charge in [-0.1, -0.05) is 6.07 Å². The molecule has 1 aromatic heterocycles. The predicted octanol–water partition coefficient (Wildman–Crippen LogP) is 3.86. The molecule has 0 N–H and O–H groups in total. The maximum absolute atomic E-state index is 12.0. The second kappa shape index (κ2) is 5.98. The lowest BCUT2D eigenvalue weighted by Gasteiger charge is -2.05. The number of fused-ring (bicyclic) bond motifs is 2. The Bertz CT molecular complexity index is 975. The first-order valence-electron chi connectivity index (χ1n) is 8.25. The fraction of sp³-hybridized carbons (Fsp3) is 0.150. The van der Waals surface area contributed by atoms with Crippen LogP contribution in [0.15, 0.2) is 46.9 Å². The predicted molar refractivity (Wildman–Crippen MR) is 93.2 cm³/mol. The lowest BCUT2D eigenvalue weighted by atomic mass is 10.0. The van der Waals surface area contributed by atoms with Crippen molar-refractivity contribution in [3.05, 3.63) is 48.2 Å². The zero-order valence-electron chi connectivity index (χ0n) is 14.3.